The Morgan fingerprint density at radius 2 is 1.81 bits per heavy atom. The minimum absolute atomic E-state index is 0.278. The Morgan fingerprint density at radius 3 is 2.56 bits per heavy atom. The molecule has 0 aliphatic carbocycles. The van der Waals surface area contributed by atoms with Gasteiger partial charge in [-0.15, -0.1) is 0 Å². The van der Waals surface area contributed by atoms with Gasteiger partial charge < -0.3 is 4.90 Å². The maximum atomic E-state index is 13.2. The van der Waals surface area contributed by atoms with Gasteiger partial charge in [0.15, 0.2) is 0 Å². The molecule has 0 aromatic heterocycles. The first-order valence-electron chi connectivity index (χ1n) is 8.94. The highest BCUT2D eigenvalue weighted by atomic mass is 35.5. The first-order chi connectivity index (χ1) is 13.0. The largest absolute Gasteiger partial charge is 0.336 e. The predicted octanol–water partition coefficient (Wildman–Crippen LogP) is 4.55. The number of carbonyl (C=O) groups is 2. The van der Waals surface area contributed by atoms with Gasteiger partial charge >= 0.3 is 0 Å². The number of rotatable bonds is 3. The van der Waals surface area contributed by atoms with Gasteiger partial charge in [-0.1, -0.05) is 47.5 Å². The zero-order chi connectivity index (χ0) is 19.1. The number of aryl methyl sites for hydroxylation is 1. The Labute approximate surface area is 168 Å². The van der Waals surface area contributed by atoms with E-state index in [0.717, 1.165) is 18.5 Å². The first kappa shape index (κ1) is 18.1. The van der Waals surface area contributed by atoms with Crippen LogP contribution in [0.25, 0.3) is 5.57 Å². The monoisotopic (exact) mass is 400 g/mol. The number of amides is 2. The van der Waals surface area contributed by atoms with E-state index in [9.17, 15) is 9.59 Å². The lowest BCUT2D eigenvalue weighted by Crippen LogP contribution is -2.37. The van der Waals surface area contributed by atoms with Crippen molar-refractivity contribution in [1.82, 2.24) is 4.90 Å². The topological polar surface area (TPSA) is 40.6 Å². The van der Waals surface area contributed by atoms with Crippen LogP contribution in [0.2, 0.25) is 10.0 Å². The highest BCUT2D eigenvalue weighted by Gasteiger charge is 2.42. The number of hydrogen-bond donors (Lipinski definition) is 0. The van der Waals surface area contributed by atoms with Gasteiger partial charge in [-0.05, 0) is 43.5 Å². The maximum absolute atomic E-state index is 13.2. The van der Waals surface area contributed by atoms with Gasteiger partial charge in [-0.2, -0.15) is 0 Å². The lowest BCUT2D eigenvalue weighted by Gasteiger charge is -2.32. The van der Waals surface area contributed by atoms with Crippen molar-refractivity contribution in [2.45, 2.75) is 19.8 Å². The van der Waals surface area contributed by atoms with E-state index in [1.54, 1.807) is 25.1 Å². The van der Waals surface area contributed by atoms with Crippen LogP contribution in [0.1, 0.15) is 24.5 Å². The van der Waals surface area contributed by atoms with E-state index >= 15 is 0 Å². The minimum Gasteiger partial charge on any atom is -0.336 e. The summed E-state index contributed by atoms with van der Waals surface area (Å²) in [6, 6.07) is 13.0. The van der Waals surface area contributed by atoms with E-state index in [-0.39, 0.29) is 11.8 Å². The highest BCUT2D eigenvalue weighted by molar-refractivity contribution is 6.41. The smallest absolute Gasteiger partial charge is 0.278 e. The summed E-state index contributed by atoms with van der Waals surface area (Å²) in [5.74, 6) is -0.593. The zero-order valence-electron chi connectivity index (χ0n) is 14.8. The molecule has 2 aliphatic heterocycles. The second-order valence-corrected chi connectivity index (χ2v) is 7.43. The SMILES string of the molecule is CCN1C(=O)C(c2ccc(Cl)cc2Cl)=C(N2CCCc3ccccc32)C1=O. The minimum atomic E-state index is -0.315. The van der Waals surface area contributed by atoms with E-state index < -0.39 is 0 Å². The van der Waals surface area contributed by atoms with Crippen molar-refractivity contribution >= 4 is 46.3 Å². The third kappa shape index (κ3) is 2.93. The van der Waals surface area contributed by atoms with Crippen molar-refractivity contribution in [3.05, 3.63) is 69.3 Å². The molecule has 0 saturated carbocycles. The normalized spacial score (nSPS) is 17.0. The highest BCUT2D eigenvalue weighted by Crippen LogP contribution is 2.39. The van der Waals surface area contributed by atoms with Gasteiger partial charge in [-0.3, -0.25) is 14.5 Å². The Balaban J connectivity index is 1.95. The fourth-order valence-electron chi connectivity index (χ4n) is 3.80. The van der Waals surface area contributed by atoms with E-state index in [1.807, 2.05) is 23.1 Å². The molecule has 2 heterocycles. The third-order valence-corrected chi connectivity index (χ3v) is 5.59. The molecule has 2 aromatic rings. The predicted molar refractivity (Wildman–Crippen MR) is 108 cm³/mol. The Morgan fingerprint density at radius 1 is 1.04 bits per heavy atom. The molecule has 0 radical (unpaired) electrons. The van der Waals surface area contributed by atoms with E-state index in [4.69, 9.17) is 23.2 Å². The van der Waals surface area contributed by atoms with Crippen LogP contribution in [-0.4, -0.2) is 29.8 Å². The average Bonchev–Trinajstić information content (AvgIpc) is 2.91. The van der Waals surface area contributed by atoms with Crippen LogP contribution in [-0.2, 0) is 16.0 Å². The average molecular weight is 401 g/mol. The van der Waals surface area contributed by atoms with E-state index in [0.29, 0.717) is 40.0 Å². The second kappa shape index (κ2) is 7.02. The lowest BCUT2D eigenvalue weighted by atomic mass is 9.98. The number of fused-ring (bicyclic) bond motifs is 1. The number of carbonyl (C=O) groups excluding carboxylic acids is 2. The number of nitrogens with zero attached hydrogens (tertiary/aromatic N) is 2. The van der Waals surface area contributed by atoms with Crippen molar-refractivity contribution in [2.24, 2.45) is 0 Å². The number of halogens is 2. The van der Waals surface area contributed by atoms with Gasteiger partial charge in [0.2, 0.25) is 0 Å². The number of imide groups is 1. The van der Waals surface area contributed by atoms with Gasteiger partial charge in [0.05, 0.1) is 10.6 Å². The van der Waals surface area contributed by atoms with E-state index in [2.05, 4.69) is 6.07 Å². The van der Waals surface area contributed by atoms with Crippen LogP contribution in [0.4, 0.5) is 5.69 Å². The molecular weight excluding hydrogens is 383 g/mol. The summed E-state index contributed by atoms with van der Waals surface area (Å²) in [4.78, 5) is 29.5. The molecule has 2 amide bonds. The van der Waals surface area contributed by atoms with Crippen LogP contribution in [0, 0.1) is 0 Å². The summed E-state index contributed by atoms with van der Waals surface area (Å²) in [5, 5.41) is 0.845. The molecule has 4 rings (SSSR count). The quantitative estimate of drug-likeness (QED) is 0.709. The number of anilines is 1. The summed E-state index contributed by atoms with van der Waals surface area (Å²) in [6.45, 7) is 2.78. The molecule has 0 saturated heterocycles. The van der Waals surface area contributed by atoms with Crippen LogP contribution in [0.3, 0.4) is 0 Å². The van der Waals surface area contributed by atoms with Gasteiger partial charge in [0.1, 0.15) is 5.70 Å². The Kier molecular flexibility index (Phi) is 4.70. The third-order valence-electron chi connectivity index (χ3n) is 5.04. The number of likely N-dealkylation sites (N-methyl/N-ethyl adjacent to an activating group) is 1. The molecule has 0 bridgehead atoms. The van der Waals surface area contributed by atoms with Gasteiger partial charge in [0.25, 0.3) is 11.8 Å². The summed E-state index contributed by atoms with van der Waals surface area (Å²) in [6.07, 6.45) is 1.87. The van der Waals surface area contributed by atoms with Crippen molar-refractivity contribution in [2.75, 3.05) is 18.0 Å². The number of benzene rings is 2. The Hall–Kier alpha value is -2.30. The van der Waals surface area contributed by atoms with Crippen molar-refractivity contribution in [3.63, 3.8) is 0 Å². The lowest BCUT2D eigenvalue weighted by molar-refractivity contribution is -0.136. The van der Waals surface area contributed by atoms with Gasteiger partial charge in [-0.25, -0.2) is 0 Å². The number of hydrogen-bond acceptors (Lipinski definition) is 3. The fraction of sp³-hybridized carbons (Fsp3) is 0.238. The summed E-state index contributed by atoms with van der Waals surface area (Å²) in [5.41, 5.74) is 3.43. The molecule has 0 fully saturated rings. The molecule has 0 N–H and O–H groups in total. The molecular formula is C21H18Cl2N2O2. The summed E-state index contributed by atoms with van der Waals surface area (Å²) >= 11 is 12.4. The van der Waals surface area contributed by atoms with Crippen LogP contribution >= 0.6 is 23.2 Å². The van der Waals surface area contributed by atoms with E-state index in [1.165, 1.54) is 10.5 Å². The zero-order valence-corrected chi connectivity index (χ0v) is 16.3. The molecule has 6 heteroatoms. The fourth-order valence-corrected chi connectivity index (χ4v) is 4.30. The molecule has 27 heavy (non-hydrogen) atoms. The second-order valence-electron chi connectivity index (χ2n) is 6.59. The molecule has 138 valence electrons. The van der Waals surface area contributed by atoms with Crippen molar-refractivity contribution < 1.29 is 9.59 Å². The van der Waals surface area contributed by atoms with Crippen LogP contribution in [0.15, 0.2) is 48.2 Å². The molecule has 0 atom stereocenters. The summed E-state index contributed by atoms with van der Waals surface area (Å²) < 4.78 is 0. The summed E-state index contributed by atoms with van der Waals surface area (Å²) in [7, 11) is 0. The molecule has 0 spiro atoms. The van der Waals surface area contributed by atoms with Crippen molar-refractivity contribution in [1.29, 1.82) is 0 Å². The van der Waals surface area contributed by atoms with Crippen LogP contribution in [0.5, 0.6) is 0 Å². The maximum Gasteiger partial charge on any atom is 0.278 e. The molecule has 2 aromatic carbocycles. The number of para-hydroxylation sites is 1. The standard InChI is InChI=1S/C21H18Cl2N2O2/c1-2-24-20(26)18(15-10-9-14(22)12-16(15)23)19(21(24)27)25-11-5-7-13-6-3-4-8-17(13)25/h3-4,6,8-10,12H,2,5,7,11H2,1H3. The molecule has 0 unspecified atom stereocenters. The van der Waals surface area contributed by atoms with Crippen LogP contribution < -0.4 is 4.90 Å². The first-order valence-corrected chi connectivity index (χ1v) is 9.70. The van der Waals surface area contributed by atoms with Crippen molar-refractivity contribution in [3.8, 4) is 0 Å². The van der Waals surface area contributed by atoms with Gasteiger partial charge in [0, 0.05) is 29.4 Å². The Bertz CT molecular complexity index is 984. The molecule has 2 aliphatic rings. The molecule has 4 nitrogen and oxygen atoms in total.